The molecule has 1 saturated carbocycles. The van der Waals surface area contributed by atoms with Crippen molar-refractivity contribution < 1.29 is 31.4 Å². The van der Waals surface area contributed by atoms with Crippen molar-refractivity contribution in [2.45, 2.75) is 37.9 Å². The highest BCUT2D eigenvalue weighted by atomic mass is 19.4. The molecule has 0 radical (unpaired) electrons. The van der Waals surface area contributed by atoms with Crippen LogP contribution < -0.4 is 15.8 Å². The van der Waals surface area contributed by atoms with Crippen LogP contribution in [-0.2, 0) is 10.9 Å². The number of nitrogens with zero attached hydrogens (tertiary/aromatic N) is 4. The summed E-state index contributed by atoms with van der Waals surface area (Å²) in [5.41, 5.74) is 4.56. The van der Waals surface area contributed by atoms with Crippen molar-refractivity contribution in [3.63, 3.8) is 0 Å². The summed E-state index contributed by atoms with van der Waals surface area (Å²) in [6, 6.07) is -1.20. The topological polar surface area (TPSA) is 100 Å². The summed E-state index contributed by atoms with van der Waals surface area (Å²) in [5, 5.41) is 6.80. The Morgan fingerprint density at radius 3 is 2.70 bits per heavy atom. The van der Waals surface area contributed by atoms with E-state index in [-0.39, 0.29) is 30.0 Å². The highest BCUT2D eigenvalue weighted by Crippen LogP contribution is 2.54. The van der Waals surface area contributed by atoms with Crippen LogP contribution in [0.5, 0.6) is 5.75 Å². The van der Waals surface area contributed by atoms with Crippen LogP contribution in [0.3, 0.4) is 0 Å². The first kappa shape index (κ1) is 20.6. The third-order valence-corrected chi connectivity index (χ3v) is 4.96. The van der Waals surface area contributed by atoms with E-state index in [2.05, 4.69) is 20.4 Å². The molecule has 1 saturated heterocycles. The van der Waals surface area contributed by atoms with Gasteiger partial charge in [-0.25, -0.2) is 18.4 Å². The summed E-state index contributed by atoms with van der Waals surface area (Å²) < 4.78 is 78.2. The second kappa shape index (κ2) is 7.22. The molecule has 0 amide bonds. The molecule has 0 bridgehead atoms. The largest absolute Gasteiger partial charge is 0.487 e. The lowest BCUT2D eigenvalue weighted by Gasteiger charge is -2.14. The maximum atomic E-state index is 13.7. The van der Waals surface area contributed by atoms with Gasteiger partial charge in [-0.1, -0.05) is 0 Å². The van der Waals surface area contributed by atoms with E-state index >= 15 is 0 Å². The first-order valence-electron chi connectivity index (χ1n) is 9.20. The second-order valence-electron chi connectivity index (χ2n) is 7.34. The zero-order chi connectivity index (χ0) is 21.7. The Balaban J connectivity index is 1.64. The number of nitrogens with two attached hydrogens (primary N) is 1. The number of ether oxygens (including phenoxy) is 2. The van der Waals surface area contributed by atoms with Crippen LogP contribution in [0.4, 0.5) is 39.5 Å². The van der Waals surface area contributed by atoms with Gasteiger partial charge in [0.25, 0.3) is 5.92 Å². The second-order valence-corrected chi connectivity index (χ2v) is 7.34. The quantitative estimate of drug-likeness (QED) is 0.673. The van der Waals surface area contributed by atoms with E-state index in [0.717, 1.165) is 11.1 Å². The molecule has 1 aliphatic heterocycles. The Labute approximate surface area is 167 Å². The molecule has 0 aromatic carbocycles. The first-order valence-corrected chi connectivity index (χ1v) is 9.20. The number of aryl methyl sites for hydroxylation is 1. The molecule has 8 nitrogen and oxygen atoms in total. The van der Waals surface area contributed by atoms with Gasteiger partial charge in [-0.2, -0.15) is 23.3 Å². The predicted octanol–water partition coefficient (Wildman–Crippen LogP) is 3.32. The lowest BCUT2D eigenvalue weighted by atomic mass is 10.1. The molecule has 4 rings (SSSR count). The number of hydrogen-bond acceptors (Lipinski definition) is 7. The number of rotatable bonds is 6. The van der Waals surface area contributed by atoms with E-state index in [4.69, 9.17) is 15.2 Å². The highest BCUT2D eigenvalue weighted by Gasteiger charge is 2.60. The summed E-state index contributed by atoms with van der Waals surface area (Å²) >= 11 is 0. The molecule has 1 aliphatic carbocycles. The number of anilines is 3. The van der Waals surface area contributed by atoms with Gasteiger partial charge in [0, 0.05) is 25.1 Å². The van der Waals surface area contributed by atoms with Crippen LogP contribution >= 0.6 is 0 Å². The molecular formula is C17H19F5N6O2. The van der Waals surface area contributed by atoms with E-state index in [1.54, 1.807) is 6.92 Å². The van der Waals surface area contributed by atoms with Crippen molar-refractivity contribution in [2.75, 3.05) is 30.9 Å². The number of halogens is 5. The van der Waals surface area contributed by atoms with E-state index in [0.29, 0.717) is 25.1 Å². The minimum absolute atomic E-state index is 0.0350. The van der Waals surface area contributed by atoms with Gasteiger partial charge in [-0.05, 0) is 13.3 Å². The van der Waals surface area contributed by atoms with E-state index < -0.39 is 35.9 Å². The van der Waals surface area contributed by atoms with Gasteiger partial charge in [-0.15, -0.1) is 0 Å². The fourth-order valence-corrected chi connectivity index (χ4v) is 3.20. The van der Waals surface area contributed by atoms with Gasteiger partial charge >= 0.3 is 6.18 Å². The average molecular weight is 434 g/mol. The Kier molecular flexibility index (Phi) is 4.95. The van der Waals surface area contributed by atoms with Gasteiger partial charge in [0.05, 0.1) is 13.2 Å². The average Bonchev–Trinajstić information content (AvgIpc) is 2.99. The molecular weight excluding hydrogens is 415 g/mol. The van der Waals surface area contributed by atoms with Crippen LogP contribution in [0.15, 0.2) is 6.20 Å². The van der Waals surface area contributed by atoms with Gasteiger partial charge < -0.3 is 20.5 Å². The molecule has 164 valence electrons. The van der Waals surface area contributed by atoms with Gasteiger partial charge in [-0.3, -0.25) is 0 Å². The van der Waals surface area contributed by atoms with Crippen molar-refractivity contribution in [1.29, 1.82) is 0 Å². The maximum Gasteiger partial charge on any atom is 0.421 e. The Hall–Kier alpha value is -2.70. The smallest absolute Gasteiger partial charge is 0.421 e. The first-order chi connectivity index (χ1) is 14.1. The normalized spacial score (nSPS) is 22.9. The third kappa shape index (κ3) is 3.98. The Bertz CT molecular complexity index is 941. The molecule has 2 fully saturated rings. The van der Waals surface area contributed by atoms with Crippen molar-refractivity contribution in [3.05, 3.63) is 17.5 Å². The molecule has 2 unspecified atom stereocenters. The molecule has 0 spiro atoms. The maximum absolute atomic E-state index is 13.7. The molecule has 2 aromatic rings. The Morgan fingerprint density at radius 2 is 2.13 bits per heavy atom. The van der Waals surface area contributed by atoms with Crippen LogP contribution in [0, 0.1) is 12.8 Å². The number of alkyl halides is 5. The van der Waals surface area contributed by atoms with Crippen molar-refractivity contribution in [3.8, 4) is 5.75 Å². The molecule has 2 aromatic heterocycles. The van der Waals surface area contributed by atoms with Gasteiger partial charge in [0.15, 0.2) is 11.6 Å². The minimum Gasteiger partial charge on any atom is -0.487 e. The summed E-state index contributed by atoms with van der Waals surface area (Å²) in [6.45, 7) is 3.00. The third-order valence-electron chi connectivity index (χ3n) is 4.96. The Morgan fingerprint density at radius 1 is 1.40 bits per heavy atom. The standard InChI is InChI=1S/C17H19F5N6O2/c1-8-12(30-7-9-2-3-29-6-9)14(28(27-8)11-4-16(11,18)19)26-15-24-5-10(13(23)25-15)17(20,21)22/h5,9,11H,2-4,6-7H2,1H3,(H3,23,24,25,26). The van der Waals surface area contributed by atoms with Gasteiger partial charge in [0.2, 0.25) is 5.95 Å². The van der Waals surface area contributed by atoms with E-state index in [1.807, 2.05) is 0 Å². The van der Waals surface area contributed by atoms with Crippen LogP contribution in [0.2, 0.25) is 0 Å². The monoisotopic (exact) mass is 434 g/mol. The lowest BCUT2D eigenvalue weighted by molar-refractivity contribution is -0.137. The molecule has 30 heavy (non-hydrogen) atoms. The summed E-state index contributed by atoms with van der Waals surface area (Å²) in [5.74, 6) is -3.64. The highest BCUT2D eigenvalue weighted by molar-refractivity contribution is 5.62. The molecule has 13 heteroatoms. The van der Waals surface area contributed by atoms with Crippen LogP contribution in [-0.4, -0.2) is 45.5 Å². The van der Waals surface area contributed by atoms with Crippen molar-refractivity contribution in [1.82, 2.24) is 19.7 Å². The molecule has 3 heterocycles. The lowest BCUT2D eigenvalue weighted by Crippen LogP contribution is -2.15. The van der Waals surface area contributed by atoms with Gasteiger partial charge in [0.1, 0.15) is 23.1 Å². The van der Waals surface area contributed by atoms with Crippen molar-refractivity contribution in [2.24, 2.45) is 5.92 Å². The zero-order valence-electron chi connectivity index (χ0n) is 15.8. The SMILES string of the molecule is Cc1nn(C2CC2(F)F)c(Nc2ncc(C(F)(F)F)c(N)n2)c1OCC1CCOC1. The number of aromatic nitrogens is 4. The zero-order valence-corrected chi connectivity index (χ0v) is 15.8. The van der Waals surface area contributed by atoms with E-state index in [1.165, 1.54) is 0 Å². The summed E-state index contributed by atoms with van der Waals surface area (Å²) in [6.07, 6.45) is -3.79. The summed E-state index contributed by atoms with van der Waals surface area (Å²) in [4.78, 5) is 7.23. The molecule has 2 atom stereocenters. The molecule has 3 N–H and O–H groups in total. The minimum atomic E-state index is -4.71. The van der Waals surface area contributed by atoms with E-state index in [9.17, 15) is 22.0 Å². The fraction of sp³-hybridized carbons (Fsp3) is 0.588. The fourth-order valence-electron chi connectivity index (χ4n) is 3.20. The number of nitrogen functional groups attached to an aromatic ring is 1. The number of nitrogens with one attached hydrogen (secondary N) is 1. The molecule has 2 aliphatic rings. The van der Waals surface area contributed by atoms with Crippen LogP contribution in [0.25, 0.3) is 0 Å². The van der Waals surface area contributed by atoms with Crippen LogP contribution in [0.1, 0.15) is 30.1 Å². The summed E-state index contributed by atoms with van der Waals surface area (Å²) in [7, 11) is 0. The van der Waals surface area contributed by atoms with Crippen molar-refractivity contribution >= 4 is 17.6 Å². The number of hydrogen-bond donors (Lipinski definition) is 2. The predicted molar refractivity (Wildman–Crippen MR) is 94.7 cm³/mol.